The molecule has 0 saturated carbocycles. The second kappa shape index (κ2) is 6.98. The van der Waals surface area contributed by atoms with Crippen molar-refractivity contribution in [2.24, 2.45) is 0 Å². The van der Waals surface area contributed by atoms with Crippen LogP contribution in [0.4, 0.5) is 0 Å². The molecule has 0 heterocycles. The van der Waals surface area contributed by atoms with E-state index in [9.17, 15) is 9.90 Å². The molecule has 2 aromatic rings. The number of Topliss-reactive ketones (excluding diaryl/α,β-unsaturated/α-hetero) is 1. The number of benzene rings is 2. The van der Waals surface area contributed by atoms with E-state index >= 15 is 0 Å². The molecule has 0 aliphatic rings. The minimum atomic E-state index is -0.496. The van der Waals surface area contributed by atoms with Crippen molar-refractivity contribution in [2.75, 3.05) is 6.54 Å². The van der Waals surface area contributed by atoms with Crippen LogP contribution in [0.2, 0.25) is 0 Å². The largest absolute Gasteiger partial charge is 0.392 e. The van der Waals surface area contributed by atoms with Crippen LogP contribution in [-0.4, -0.2) is 23.5 Å². The number of hydrogen-bond donors (Lipinski definition) is 2. The minimum Gasteiger partial charge on any atom is -0.392 e. The van der Waals surface area contributed by atoms with Crippen LogP contribution in [0.3, 0.4) is 0 Å². The van der Waals surface area contributed by atoms with Gasteiger partial charge in [0.1, 0.15) is 0 Å². The summed E-state index contributed by atoms with van der Waals surface area (Å²) < 4.78 is 0. The molecular formula is C17H19NO2. The van der Waals surface area contributed by atoms with Crippen LogP contribution in [-0.2, 0) is 0 Å². The zero-order valence-corrected chi connectivity index (χ0v) is 11.5. The molecule has 2 unspecified atom stereocenters. The van der Waals surface area contributed by atoms with Crippen molar-refractivity contribution in [1.29, 1.82) is 0 Å². The summed E-state index contributed by atoms with van der Waals surface area (Å²) in [6, 6.07) is 18.3. The van der Waals surface area contributed by atoms with Gasteiger partial charge in [-0.25, -0.2) is 0 Å². The first-order valence-electron chi connectivity index (χ1n) is 6.74. The van der Waals surface area contributed by atoms with E-state index in [4.69, 9.17) is 0 Å². The molecule has 0 radical (unpaired) electrons. The van der Waals surface area contributed by atoms with Crippen LogP contribution >= 0.6 is 0 Å². The first kappa shape index (κ1) is 14.4. The number of aliphatic hydroxyl groups excluding tert-OH is 1. The SMILES string of the molecule is CC(O)CNC(C(=O)c1ccccc1)c1ccccc1. The number of rotatable bonds is 6. The van der Waals surface area contributed by atoms with Gasteiger partial charge in [-0.3, -0.25) is 4.79 Å². The Morgan fingerprint density at radius 2 is 1.60 bits per heavy atom. The van der Waals surface area contributed by atoms with Gasteiger partial charge in [-0.2, -0.15) is 0 Å². The van der Waals surface area contributed by atoms with E-state index in [1.807, 2.05) is 60.7 Å². The van der Waals surface area contributed by atoms with Crippen molar-refractivity contribution < 1.29 is 9.90 Å². The summed E-state index contributed by atoms with van der Waals surface area (Å²) in [6.07, 6.45) is -0.496. The molecule has 0 aliphatic carbocycles. The Bertz CT molecular complexity index is 537. The van der Waals surface area contributed by atoms with E-state index in [0.717, 1.165) is 5.56 Å². The van der Waals surface area contributed by atoms with Crippen molar-refractivity contribution in [3.05, 3.63) is 71.8 Å². The molecule has 2 N–H and O–H groups in total. The van der Waals surface area contributed by atoms with Crippen molar-refractivity contribution >= 4 is 5.78 Å². The summed E-state index contributed by atoms with van der Waals surface area (Å²) in [7, 11) is 0. The van der Waals surface area contributed by atoms with Gasteiger partial charge in [0.2, 0.25) is 0 Å². The van der Waals surface area contributed by atoms with Gasteiger partial charge < -0.3 is 10.4 Å². The third kappa shape index (κ3) is 3.76. The zero-order chi connectivity index (χ0) is 14.4. The second-order valence-corrected chi connectivity index (χ2v) is 4.83. The first-order valence-corrected chi connectivity index (χ1v) is 6.74. The Hall–Kier alpha value is -1.97. The summed E-state index contributed by atoms with van der Waals surface area (Å²) in [6.45, 7) is 2.07. The lowest BCUT2D eigenvalue weighted by Crippen LogP contribution is -2.33. The average Bonchev–Trinajstić information content (AvgIpc) is 2.49. The van der Waals surface area contributed by atoms with Crippen LogP contribution in [0.5, 0.6) is 0 Å². The molecule has 0 amide bonds. The molecule has 0 bridgehead atoms. The number of ketones is 1. The molecule has 0 aromatic heterocycles. The van der Waals surface area contributed by atoms with E-state index in [1.165, 1.54) is 0 Å². The predicted molar refractivity (Wildman–Crippen MR) is 79.6 cm³/mol. The van der Waals surface area contributed by atoms with Crippen LogP contribution in [0.1, 0.15) is 28.9 Å². The number of hydrogen-bond acceptors (Lipinski definition) is 3. The molecule has 3 nitrogen and oxygen atoms in total. The van der Waals surface area contributed by atoms with Crippen LogP contribution in [0.25, 0.3) is 0 Å². The number of nitrogens with one attached hydrogen (secondary N) is 1. The Balaban J connectivity index is 2.25. The van der Waals surface area contributed by atoms with Gasteiger partial charge >= 0.3 is 0 Å². The van der Waals surface area contributed by atoms with Crippen LogP contribution in [0, 0.1) is 0 Å². The maximum atomic E-state index is 12.6. The van der Waals surface area contributed by atoms with E-state index in [0.29, 0.717) is 12.1 Å². The molecule has 2 atom stereocenters. The zero-order valence-electron chi connectivity index (χ0n) is 11.5. The topological polar surface area (TPSA) is 49.3 Å². The van der Waals surface area contributed by atoms with Gasteiger partial charge in [-0.15, -0.1) is 0 Å². The standard InChI is InChI=1S/C17H19NO2/c1-13(19)12-18-16(14-8-4-2-5-9-14)17(20)15-10-6-3-7-11-15/h2-11,13,16,18-19H,12H2,1H3. The summed E-state index contributed by atoms with van der Waals surface area (Å²) in [5.41, 5.74) is 1.57. The summed E-state index contributed by atoms with van der Waals surface area (Å²) in [4.78, 5) is 12.6. The number of carbonyl (C=O) groups is 1. The molecular weight excluding hydrogens is 250 g/mol. The first-order chi connectivity index (χ1) is 9.68. The van der Waals surface area contributed by atoms with E-state index in [2.05, 4.69) is 5.32 Å². The fourth-order valence-corrected chi connectivity index (χ4v) is 2.06. The van der Waals surface area contributed by atoms with Gasteiger partial charge in [-0.1, -0.05) is 60.7 Å². The van der Waals surface area contributed by atoms with Gasteiger partial charge in [0.25, 0.3) is 0 Å². The second-order valence-electron chi connectivity index (χ2n) is 4.83. The lowest BCUT2D eigenvalue weighted by molar-refractivity contribution is 0.0932. The van der Waals surface area contributed by atoms with Crippen molar-refractivity contribution in [3.63, 3.8) is 0 Å². The summed E-state index contributed by atoms with van der Waals surface area (Å²) in [5, 5.41) is 12.6. The number of carbonyl (C=O) groups excluding carboxylic acids is 1. The van der Waals surface area contributed by atoms with Crippen molar-refractivity contribution in [2.45, 2.75) is 19.1 Å². The monoisotopic (exact) mass is 269 g/mol. The van der Waals surface area contributed by atoms with Crippen LogP contribution < -0.4 is 5.32 Å². The van der Waals surface area contributed by atoms with Crippen molar-refractivity contribution in [1.82, 2.24) is 5.32 Å². The van der Waals surface area contributed by atoms with Gasteiger partial charge in [0.15, 0.2) is 5.78 Å². The Morgan fingerprint density at radius 3 is 2.15 bits per heavy atom. The predicted octanol–water partition coefficient (Wildman–Crippen LogP) is 2.58. The quantitative estimate of drug-likeness (QED) is 0.792. The maximum absolute atomic E-state index is 12.6. The molecule has 0 saturated heterocycles. The molecule has 0 aliphatic heterocycles. The third-order valence-electron chi connectivity index (χ3n) is 3.07. The average molecular weight is 269 g/mol. The molecule has 0 fully saturated rings. The van der Waals surface area contributed by atoms with E-state index in [1.54, 1.807) is 6.92 Å². The Morgan fingerprint density at radius 1 is 1.05 bits per heavy atom. The van der Waals surface area contributed by atoms with Gasteiger partial charge in [0, 0.05) is 12.1 Å². The fourth-order valence-electron chi connectivity index (χ4n) is 2.06. The highest BCUT2D eigenvalue weighted by atomic mass is 16.3. The molecule has 2 aromatic carbocycles. The molecule has 20 heavy (non-hydrogen) atoms. The minimum absolute atomic E-state index is 0.0115. The third-order valence-corrected chi connectivity index (χ3v) is 3.07. The Labute approximate surface area is 119 Å². The molecule has 3 heteroatoms. The van der Waals surface area contributed by atoms with Gasteiger partial charge in [-0.05, 0) is 12.5 Å². The highest BCUT2D eigenvalue weighted by Crippen LogP contribution is 2.18. The summed E-state index contributed by atoms with van der Waals surface area (Å²) >= 11 is 0. The normalized spacial score (nSPS) is 13.7. The molecule has 2 rings (SSSR count). The van der Waals surface area contributed by atoms with E-state index < -0.39 is 12.1 Å². The number of aliphatic hydroxyl groups is 1. The smallest absolute Gasteiger partial charge is 0.184 e. The summed E-state index contributed by atoms with van der Waals surface area (Å²) in [5.74, 6) is 0.0115. The fraction of sp³-hybridized carbons (Fsp3) is 0.235. The van der Waals surface area contributed by atoms with E-state index in [-0.39, 0.29) is 5.78 Å². The van der Waals surface area contributed by atoms with Crippen molar-refractivity contribution in [3.8, 4) is 0 Å². The van der Waals surface area contributed by atoms with Crippen LogP contribution in [0.15, 0.2) is 60.7 Å². The lowest BCUT2D eigenvalue weighted by atomic mass is 9.97. The maximum Gasteiger partial charge on any atom is 0.184 e. The highest BCUT2D eigenvalue weighted by molar-refractivity contribution is 6.00. The van der Waals surface area contributed by atoms with Gasteiger partial charge in [0.05, 0.1) is 12.1 Å². The lowest BCUT2D eigenvalue weighted by Gasteiger charge is -2.19. The molecule has 104 valence electrons. The Kier molecular flexibility index (Phi) is 5.04. The molecule has 0 spiro atoms. The highest BCUT2D eigenvalue weighted by Gasteiger charge is 2.21.